The quantitative estimate of drug-likeness (QED) is 0.649. The van der Waals surface area contributed by atoms with E-state index in [4.69, 9.17) is 10.5 Å². The Morgan fingerprint density at radius 3 is 2.70 bits per heavy atom. The summed E-state index contributed by atoms with van der Waals surface area (Å²) in [5.74, 6) is 1.48. The van der Waals surface area contributed by atoms with Gasteiger partial charge in [-0.25, -0.2) is 0 Å². The highest BCUT2D eigenvalue weighted by atomic mass is 79.9. The molecule has 3 N–H and O–H groups in total. The van der Waals surface area contributed by atoms with Gasteiger partial charge in [-0.3, -0.25) is 4.79 Å². The fourth-order valence-corrected chi connectivity index (χ4v) is 3.16. The number of ether oxygens (including phenoxy) is 1. The van der Waals surface area contributed by atoms with Crippen molar-refractivity contribution in [1.82, 2.24) is 5.32 Å². The zero-order chi connectivity index (χ0) is 15.8. The number of carbonyl (C=O) groups excluding carboxylic acids is 1. The predicted molar refractivity (Wildman–Crippen MR) is 99.1 cm³/mol. The van der Waals surface area contributed by atoms with E-state index in [1.54, 1.807) is 0 Å². The summed E-state index contributed by atoms with van der Waals surface area (Å²) in [6.07, 6.45) is 5.69. The first-order valence-electron chi connectivity index (χ1n) is 8.07. The molecular weight excluding hydrogens is 380 g/mol. The second-order valence-corrected chi connectivity index (χ2v) is 6.78. The largest absolute Gasteiger partial charge is 0.494 e. The number of amides is 1. The summed E-state index contributed by atoms with van der Waals surface area (Å²) in [4.78, 5) is 11.9. The van der Waals surface area contributed by atoms with E-state index in [0.717, 1.165) is 35.9 Å². The van der Waals surface area contributed by atoms with Gasteiger partial charge in [-0.05, 0) is 62.4 Å². The smallest absolute Gasteiger partial charge is 0.220 e. The zero-order valence-corrected chi connectivity index (χ0v) is 15.7. The maximum Gasteiger partial charge on any atom is 0.220 e. The standard InChI is InChI=1S/C17H25BrN2O2.ClH/c18-14-7-9-15(10-8-14)22-11-2-1-6-17(21)20-16-5-3-4-13(16)12-19;/h7-10,13,16H,1-6,11-12,19H2,(H,20,21);1H. The molecule has 0 aliphatic heterocycles. The summed E-state index contributed by atoms with van der Waals surface area (Å²) < 4.78 is 6.68. The van der Waals surface area contributed by atoms with Gasteiger partial charge < -0.3 is 15.8 Å². The monoisotopic (exact) mass is 404 g/mol. The number of nitrogens with two attached hydrogens (primary N) is 1. The minimum Gasteiger partial charge on any atom is -0.494 e. The number of unbranched alkanes of at least 4 members (excludes halogenated alkanes) is 1. The van der Waals surface area contributed by atoms with E-state index in [1.165, 1.54) is 6.42 Å². The average molecular weight is 406 g/mol. The molecule has 1 aromatic carbocycles. The van der Waals surface area contributed by atoms with Crippen molar-refractivity contribution in [3.05, 3.63) is 28.7 Å². The Morgan fingerprint density at radius 2 is 2.00 bits per heavy atom. The van der Waals surface area contributed by atoms with Gasteiger partial charge in [0.05, 0.1) is 6.61 Å². The molecular formula is C17H26BrClN2O2. The molecule has 0 aromatic heterocycles. The highest BCUT2D eigenvalue weighted by Crippen LogP contribution is 2.24. The number of nitrogens with one attached hydrogen (secondary N) is 1. The van der Waals surface area contributed by atoms with Crippen LogP contribution in [0.25, 0.3) is 0 Å². The molecule has 0 radical (unpaired) electrons. The maximum atomic E-state index is 11.9. The Kier molecular flexibility index (Phi) is 9.60. The third-order valence-electron chi connectivity index (χ3n) is 4.19. The predicted octanol–water partition coefficient (Wildman–Crippen LogP) is 3.66. The van der Waals surface area contributed by atoms with Crippen LogP contribution >= 0.6 is 28.3 Å². The van der Waals surface area contributed by atoms with Crippen molar-refractivity contribution in [2.45, 2.75) is 44.6 Å². The van der Waals surface area contributed by atoms with Gasteiger partial charge in [-0.15, -0.1) is 12.4 Å². The van der Waals surface area contributed by atoms with Crippen LogP contribution in [0.15, 0.2) is 28.7 Å². The number of hydrogen-bond donors (Lipinski definition) is 2. The Hall–Kier alpha value is -0.780. The van der Waals surface area contributed by atoms with E-state index >= 15 is 0 Å². The summed E-state index contributed by atoms with van der Waals surface area (Å²) in [5, 5.41) is 3.13. The highest BCUT2D eigenvalue weighted by Gasteiger charge is 2.26. The van der Waals surface area contributed by atoms with Gasteiger partial charge in [0.15, 0.2) is 0 Å². The summed E-state index contributed by atoms with van der Waals surface area (Å²) in [7, 11) is 0. The minimum atomic E-state index is 0. The number of halogens is 2. The van der Waals surface area contributed by atoms with Crippen LogP contribution in [-0.4, -0.2) is 25.1 Å². The molecule has 2 rings (SSSR count). The van der Waals surface area contributed by atoms with Crippen molar-refractivity contribution in [3.63, 3.8) is 0 Å². The van der Waals surface area contributed by atoms with Crippen LogP contribution in [0.5, 0.6) is 5.75 Å². The van der Waals surface area contributed by atoms with E-state index in [0.29, 0.717) is 25.5 Å². The minimum absolute atomic E-state index is 0. The number of carbonyl (C=O) groups is 1. The second kappa shape index (κ2) is 10.9. The third kappa shape index (κ3) is 7.10. The fraction of sp³-hybridized carbons (Fsp3) is 0.588. The zero-order valence-electron chi connectivity index (χ0n) is 13.3. The highest BCUT2D eigenvalue weighted by molar-refractivity contribution is 9.10. The molecule has 4 nitrogen and oxygen atoms in total. The molecule has 1 aliphatic rings. The lowest BCUT2D eigenvalue weighted by molar-refractivity contribution is -0.122. The summed E-state index contributed by atoms with van der Waals surface area (Å²) >= 11 is 3.39. The van der Waals surface area contributed by atoms with Gasteiger partial charge in [0.2, 0.25) is 5.91 Å². The van der Waals surface area contributed by atoms with Crippen molar-refractivity contribution in [1.29, 1.82) is 0 Å². The Labute approximate surface area is 153 Å². The van der Waals surface area contributed by atoms with Crippen LogP contribution in [-0.2, 0) is 4.79 Å². The summed E-state index contributed by atoms with van der Waals surface area (Å²) in [6, 6.07) is 8.07. The number of benzene rings is 1. The van der Waals surface area contributed by atoms with E-state index < -0.39 is 0 Å². The maximum absolute atomic E-state index is 11.9. The molecule has 0 spiro atoms. The molecule has 6 heteroatoms. The fourth-order valence-electron chi connectivity index (χ4n) is 2.90. The van der Waals surface area contributed by atoms with Crippen molar-refractivity contribution < 1.29 is 9.53 Å². The molecule has 2 unspecified atom stereocenters. The average Bonchev–Trinajstić information content (AvgIpc) is 2.96. The number of rotatable bonds is 8. The molecule has 2 atom stereocenters. The molecule has 1 fully saturated rings. The van der Waals surface area contributed by atoms with Gasteiger partial charge >= 0.3 is 0 Å². The Bertz CT molecular complexity index is 470. The van der Waals surface area contributed by atoms with Crippen molar-refractivity contribution in [2.24, 2.45) is 11.7 Å². The van der Waals surface area contributed by atoms with Crippen LogP contribution in [0.2, 0.25) is 0 Å². The molecule has 130 valence electrons. The lowest BCUT2D eigenvalue weighted by Gasteiger charge is -2.19. The lowest BCUT2D eigenvalue weighted by atomic mass is 10.0. The van der Waals surface area contributed by atoms with Crippen LogP contribution in [0, 0.1) is 5.92 Å². The van der Waals surface area contributed by atoms with Gasteiger partial charge in [-0.1, -0.05) is 22.4 Å². The first kappa shape index (κ1) is 20.3. The molecule has 0 heterocycles. The van der Waals surface area contributed by atoms with E-state index in [1.807, 2.05) is 24.3 Å². The molecule has 0 saturated heterocycles. The first-order chi connectivity index (χ1) is 10.7. The Balaban J connectivity index is 0.00000264. The van der Waals surface area contributed by atoms with Gasteiger partial charge in [0.25, 0.3) is 0 Å². The normalized spacial score (nSPS) is 19.9. The van der Waals surface area contributed by atoms with Crippen LogP contribution < -0.4 is 15.8 Å². The summed E-state index contributed by atoms with van der Waals surface area (Å²) in [5.41, 5.74) is 5.73. The topological polar surface area (TPSA) is 64.3 Å². The molecule has 1 aliphatic carbocycles. The van der Waals surface area contributed by atoms with Crippen LogP contribution in [0.3, 0.4) is 0 Å². The van der Waals surface area contributed by atoms with Crippen LogP contribution in [0.1, 0.15) is 38.5 Å². The number of hydrogen-bond acceptors (Lipinski definition) is 3. The van der Waals surface area contributed by atoms with Crippen molar-refractivity contribution >= 4 is 34.2 Å². The van der Waals surface area contributed by atoms with Crippen molar-refractivity contribution in [3.8, 4) is 5.75 Å². The molecule has 23 heavy (non-hydrogen) atoms. The van der Waals surface area contributed by atoms with Gasteiger partial charge in [0, 0.05) is 16.9 Å². The van der Waals surface area contributed by atoms with E-state index in [9.17, 15) is 4.79 Å². The molecule has 0 bridgehead atoms. The molecule has 1 aromatic rings. The van der Waals surface area contributed by atoms with Gasteiger partial charge in [-0.2, -0.15) is 0 Å². The van der Waals surface area contributed by atoms with Gasteiger partial charge in [0.1, 0.15) is 5.75 Å². The summed E-state index contributed by atoms with van der Waals surface area (Å²) in [6.45, 7) is 1.32. The van der Waals surface area contributed by atoms with E-state index in [2.05, 4.69) is 21.2 Å². The van der Waals surface area contributed by atoms with Crippen LogP contribution in [0.4, 0.5) is 0 Å². The van der Waals surface area contributed by atoms with E-state index in [-0.39, 0.29) is 24.4 Å². The van der Waals surface area contributed by atoms with Crippen molar-refractivity contribution in [2.75, 3.05) is 13.2 Å². The second-order valence-electron chi connectivity index (χ2n) is 5.86. The molecule has 1 saturated carbocycles. The Morgan fingerprint density at radius 1 is 1.26 bits per heavy atom. The molecule has 1 amide bonds. The third-order valence-corrected chi connectivity index (χ3v) is 4.72. The lowest BCUT2D eigenvalue weighted by Crippen LogP contribution is -2.39. The SMILES string of the molecule is Cl.NCC1CCCC1NC(=O)CCCCOc1ccc(Br)cc1. The first-order valence-corrected chi connectivity index (χ1v) is 8.86.